The molecule has 0 spiro atoms. The average molecular weight is 332 g/mol. The van der Waals surface area contributed by atoms with E-state index >= 15 is 0 Å². The van der Waals surface area contributed by atoms with E-state index in [1.54, 1.807) is 0 Å². The van der Waals surface area contributed by atoms with Crippen molar-refractivity contribution < 1.29 is 19.1 Å². The summed E-state index contributed by atoms with van der Waals surface area (Å²) < 4.78 is 8.81. The summed E-state index contributed by atoms with van der Waals surface area (Å²) in [5.41, 5.74) is 9.24. The van der Waals surface area contributed by atoms with E-state index in [4.69, 9.17) is 10.5 Å². The maximum Gasteiger partial charge on any atom is 0.515 e. The Morgan fingerprint density at radius 3 is 1.76 bits per heavy atom. The molecule has 0 saturated heterocycles. The maximum atomic E-state index is 10.5. The van der Waals surface area contributed by atoms with Gasteiger partial charge < -0.3 is 20.9 Å². The van der Waals surface area contributed by atoms with E-state index in [9.17, 15) is 4.79 Å². The number of carbonyl (C=O) groups is 2. The molecule has 118 valence electrons. The summed E-state index contributed by atoms with van der Waals surface area (Å²) in [7, 11) is 0. The smallest absolute Gasteiger partial charge is 0.434 e. The van der Waals surface area contributed by atoms with E-state index in [1.165, 1.54) is 0 Å². The maximum absolute atomic E-state index is 10.5. The van der Waals surface area contributed by atoms with Gasteiger partial charge in [-0.05, 0) is 18.6 Å². The van der Waals surface area contributed by atoms with Crippen molar-refractivity contribution in [1.29, 1.82) is 0 Å². The highest BCUT2D eigenvalue weighted by Crippen LogP contribution is 1.90. The largest absolute Gasteiger partial charge is 0.515 e. The van der Waals surface area contributed by atoms with Gasteiger partial charge in [0, 0.05) is 0 Å². The summed E-state index contributed by atoms with van der Waals surface area (Å²) in [4.78, 5) is 19.6. The number of ether oxygens (including phenoxy) is 2. The fourth-order valence-corrected chi connectivity index (χ4v) is 0.864. The zero-order valence-corrected chi connectivity index (χ0v) is 13.4. The van der Waals surface area contributed by atoms with E-state index in [1.807, 2.05) is 43.3 Å². The number of thiol groups is 1. The Bertz CT molecular complexity index is 372. The number of primary amides is 1. The van der Waals surface area contributed by atoms with Crippen LogP contribution in [-0.2, 0) is 9.47 Å². The summed E-state index contributed by atoms with van der Waals surface area (Å²) in [5.74, 6) is 0. The Balaban J connectivity index is 0. The van der Waals surface area contributed by atoms with E-state index in [-0.39, 0.29) is 5.17 Å². The number of unbranched alkanes of at least 4 members (excludes halogenated alkanes) is 1. The first-order valence-corrected chi connectivity index (χ1v) is 6.88. The third-order valence-corrected chi connectivity index (χ3v) is 1.65. The van der Waals surface area contributed by atoms with E-state index in [2.05, 4.69) is 40.1 Å². The molecule has 8 heteroatoms. The first kappa shape index (κ1) is 21.5. The minimum atomic E-state index is -0.828. The Kier molecular flexibility index (Phi) is 16.6. The number of amides is 1. The molecule has 1 aromatic carbocycles. The molecule has 0 atom stereocenters. The van der Waals surface area contributed by atoms with E-state index in [0.717, 1.165) is 12.8 Å². The molecule has 0 radical (unpaired) electrons. The second-order valence-electron chi connectivity index (χ2n) is 3.37. The second kappa shape index (κ2) is 16.3. The number of nitrogens with two attached hydrogens (primary N) is 2. The Labute approximate surface area is 135 Å². The number of thiocarbonyl (C=S) groups is 1. The van der Waals surface area contributed by atoms with Crippen molar-refractivity contribution in [2.24, 2.45) is 11.5 Å². The van der Waals surface area contributed by atoms with Crippen LogP contribution in [0, 0.1) is 0 Å². The van der Waals surface area contributed by atoms with Crippen molar-refractivity contribution in [3.63, 3.8) is 0 Å². The first-order chi connectivity index (χ1) is 9.90. The van der Waals surface area contributed by atoms with Crippen molar-refractivity contribution >= 4 is 41.4 Å². The predicted molar refractivity (Wildman–Crippen MR) is 89.1 cm³/mol. The predicted octanol–water partition coefficient (Wildman–Crippen LogP) is 2.86. The molecule has 0 unspecified atom stereocenters. The number of rotatable bonds is 3. The molecule has 0 aliphatic heterocycles. The molecule has 0 saturated carbocycles. The lowest BCUT2D eigenvalue weighted by Crippen LogP contribution is -2.19. The van der Waals surface area contributed by atoms with Crippen LogP contribution < -0.4 is 11.5 Å². The molecule has 0 heterocycles. The lowest BCUT2D eigenvalue weighted by atomic mass is 10.4. The Hall–Kier alpha value is -1.80. The molecular formula is C13H20N2O4S2. The molecule has 0 aliphatic rings. The van der Waals surface area contributed by atoms with E-state index < -0.39 is 11.4 Å². The zero-order valence-electron chi connectivity index (χ0n) is 11.7. The lowest BCUT2D eigenvalue weighted by Gasteiger charge is -2.01. The van der Waals surface area contributed by atoms with Crippen LogP contribution in [0.15, 0.2) is 36.4 Å². The highest BCUT2D eigenvalue weighted by molar-refractivity contribution is 7.96. The van der Waals surface area contributed by atoms with Gasteiger partial charge in [0.2, 0.25) is 0 Å². The first-order valence-electron chi connectivity index (χ1n) is 6.02. The van der Waals surface area contributed by atoms with Crippen LogP contribution in [0.4, 0.5) is 9.59 Å². The normalized spacial score (nSPS) is 8.10. The Morgan fingerprint density at radius 2 is 1.48 bits per heavy atom. The molecular weight excluding hydrogens is 312 g/mol. The monoisotopic (exact) mass is 332 g/mol. The zero-order chi connectivity index (χ0) is 16.5. The number of carbonyl (C=O) groups excluding carboxylic acids is 2. The number of benzene rings is 1. The van der Waals surface area contributed by atoms with Gasteiger partial charge in [-0.3, -0.25) is 4.79 Å². The summed E-state index contributed by atoms with van der Waals surface area (Å²) in [5, 5.41) is -0.952. The average Bonchev–Trinajstić information content (AvgIpc) is 2.40. The van der Waals surface area contributed by atoms with Gasteiger partial charge in [-0.25, -0.2) is 4.79 Å². The SMILES string of the molecule is CCCCOC(=O)OC(N)=S.NC(=O)S.c1ccccc1. The minimum absolute atomic E-state index is 0.313. The van der Waals surface area contributed by atoms with Gasteiger partial charge in [-0.2, -0.15) is 0 Å². The van der Waals surface area contributed by atoms with Gasteiger partial charge in [0.05, 0.1) is 6.61 Å². The summed E-state index contributed by atoms with van der Waals surface area (Å²) >= 11 is 7.41. The summed E-state index contributed by atoms with van der Waals surface area (Å²) in [6.07, 6.45) is 0.943. The lowest BCUT2D eigenvalue weighted by molar-refractivity contribution is 0.0949. The van der Waals surface area contributed by atoms with Crippen LogP contribution in [-0.4, -0.2) is 23.2 Å². The summed E-state index contributed by atoms with van der Waals surface area (Å²) in [6.45, 7) is 2.33. The molecule has 0 aromatic heterocycles. The van der Waals surface area contributed by atoms with E-state index in [0.29, 0.717) is 6.61 Å². The fourth-order valence-electron chi connectivity index (χ4n) is 0.796. The highest BCUT2D eigenvalue weighted by atomic mass is 32.1. The fraction of sp³-hybridized carbons (Fsp3) is 0.308. The van der Waals surface area contributed by atoms with Crippen molar-refractivity contribution in [2.75, 3.05) is 6.61 Å². The van der Waals surface area contributed by atoms with Gasteiger partial charge in [0.25, 0.3) is 10.4 Å². The quantitative estimate of drug-likeness (QED) is 0.340. The van der Waals surface area contributed by atoms with Crippen molar-refractivity contribution in [2.45, 2.75) is 19.8 Å². The molecule has 4 N–H and O–H groups in total. The molecule has 0 aliphatic carbocycles. The Morgan fingerprint density at radius 1 is 1.10 bits per heavy atom. The van der Waals surface area contributed by atoms with Crippen LogP contribution in [0.1, 0.15) is 19.8 Å². The van der Waals surface area contributed by atoms with Crippen LogP contribution in [0.2, 0.25) is 0 Å². The van der Waals surface area contributed by atoms with Crippen molar-refractivity contribution in [3.05, 3.63) is 36.4 Å². The molecule has 0 fully saturated rings. The van der Waals surface area contributed by atoms with Gasteiger partial charge in [0.15, 0.2) is 0 Å². The number of hydrogen-bond acceptors (Lipinski definition) is 5. The molecule has 1 rings (SSSR count). The topological polar surface area (TPSA) is 105 Å². The molecule has 0 bridgehead atoms. The van der Waals surface area contributed by atoms with Crippen molar-refractivity contribution in [1.82, 2.24) is 0 Å². The minimum Gasteiger partial charge on any atom is -0.434 e. The third kappa shape index (κ3) is 27.4. The van der Waals surface area contributed by atoms with Gasteiger partial charge in [-0.15, -0.1) is 0 Å². The second-order valence-corrected chi connectivity index (χ2v) is 4.21. The third-order valence-electron chi connectivity index (χ3n) is 1.57. The standard InChI is InChI=1S/C6H11NO3S.C6H6.CH3NOS/c1-2-3-4-9-6(8)10-5(7)11;1-2-4-6-5-3-1;2-1(3)4/h2-4H2,1H3,(H2,7,11);1-6H;(H3,2,3,4). The van der Waals surface area contributed by atoms with Gasteiger partial charge >= 0.3 is 6.16 Å². The van der Waals surface area contributed by atoms with Crippen LogP contribution in [0.5, 0.6) is 0 Å². The van der Waals surface area contributed by atoms with Crippen LogP contribution in [0.3, 0.4) is 0 Å². The molecule has 1 amide bonds. The van der Waals surface area contributed by atoms with Crippen LogP contribution >= 0.6 is 24.8 Å². The highest BCUT2D eigenvalue weighted by Gasteiger charge is 2.03. The van der Waals surface area contributed by atoms with Crippen molar-refractivity contribution in [3.8, 4) is 0 Å². The molecule has 6 nitrogen and oxygen atoms in total. The molecule has 21 heavy (non-hydrogen) atoms. The summed E-state index contributed by atoms with van der Waals surface area (Å²) in [6, 6.07) is 12.0. The molecule has 1 aromatic rings. The van der Waals surface area contributed by atoms with Gasteiger partial charge in [-0.1, -0.05) is 62.4 Å². The van der Waals surface area contributed by atoms with Crippen LogP contribution in [0.25, 0.3) is 0 Å². The van der Waals surface area contributed by atoms with Gasteiger partial charge in [0.1, 0.15) is 0 Å². The number of hydrogen-bond donors (Lipinski definition) is 3.